The number of para-hydroxylation sites is 1. The third-order valence-corrected chi connectivity index (χ3v) is 8.00. The lowest BCUT2D eigenvalue weighted by Crippen LogP contribution is -2.51. The first-order chi connectivity index (χ1) is 21.0. The van der Waals surface area contributed by atoms with E-state index < -0.39 is 51.7 Å². The molecule has 3 amide bonds. The zero-order valence-electron chi connectivity index (χ0n) is 26.2. The predicted octanol–water partition coefficient (Wildman–Crippen LogP) is 5.88. The van der Waals surface area contributed by atoms with Gasteiger partial charge < -0.3 is 14.2 Å². The molecule has 0 unspecified atom stereocenters. The SMILES string of the molecule is CC(=O)N1N=C(c2cc(F)ccc2F)S[C@@]12c1ccccc1OC[C@H]2CCN=C(NC(=O)OC(C)(C)C)NC(=O)OC(C)(C)C. The molecule has 242 valence electrons. The fourth-order valence-corrected chi connectivity index (χ4v) is 6.38. The number of benzene rings is 2. The molecule has 0 fully saturated rings. The number of alkyl carbamates (subject to hydrolysis) is 2. The molecule has 2 aliphatic heterocycles. The number of hydrogen-bond acceptors (Lipinski definition) is 9. The molecule has 2 aromatic rings. The number of nitrogens with zero attached hydrogens (tertiary/aromatic N) is 3. The number of hydrazone groups is 1. The number of carbonyl (C=O) groups is 3. The van der Waals surface area contributed by atoms with Gasteiger partial charge in [-0.2, -0.15) is 5.10 Å². The Labute approximate surface area is 264 Å². The lowest BCUT2D eigenvalue weighted by molar-refractivity contribution is -0.134. The van der Waals surface area contributed by atoms with E-state index in [1.54, 1.807) is 65.8 Å². The van der Waals surface area contributed by atoms with Crippen LogP contribution in [0.25, 0.3) is 0 Å². The van der Waals surface area contributed by atoms with E-state index in [-0.39, 0.29) is 36.1 Å². The van der Waals surface area contributed by atoms with Gasteiger partial charge in [0.1, 0.15) is 33.6 Å². The van der Waals surface area contributed by atoms with Crippen LogP contribution in [0.15, 0.2) is 52.6 Å². The van der Waals surface area contributed by atoms with Crippen molar-refractivity contribution in [3.05, 3.63) is 65.2 Å². The number of aliphatic imine (C=N–C) groups is 1. The van der Waals surface area contributed by atoms with Crippen LogP contribution >= 0.6 is 11.8 Å². The molecular weight excluding hydrogens is 608 g/mol. The molecule has 2 atom stereocenters. The average Bonchev–Trinajstić information content (AvgIpc) is 3.30. The van der Waals surface area contributed by atoms with Crippen molar-refractivity contribution in [2.24, 2.45) is 16.0 Å². The monoisotopic (exact) mass is 645 g/mol. The van der Waals surface area contributed by atoms with Gasteiger partial charge in [0.15, 0.2) is 4.87 Å². The average molecular weight is 646 g/mol. The summed E-state index contributed by atoms with van der Waals surface area (Å²) >= 11 is 1.13. The normalized spacial score (nSPS) is 19.2. The number of fused-ring (bicyclic) bond motifs is 2. The summed E-state index contributed by atoms with van der Waals surface area (Å²) in [6.07, 6.45) is -1.42. The summed E-state index contributed by atoms with van der Waals surface area (Å²) < 4.78 is 45.8. The second kappa shape index (κ2) is 13.0. The van der Waals surface area contributed by atoms with Crippen LogP contribution in [0.2, 0.25) is 0 Å². The topological polar surface area (TPSA) is 131 Å². The molecule has 0 bridgehead atoms. The molecule has 2 aliphatic rings. The van der Waals surface area contributed by atoms with Crippen LogP contribution < -0.4 is 15.4 Å². The number of amides is 3. The fraction of sp³-hybridized carbons (Fsp3) is 0.452. The molecule has 0 saturated heterocycles. The van der Waals surface area contributed by atoms with Crippen LogP contribution in [0.5, 0.6) is 5.75 Å². The van der Waals surface area contributed by atoms with Crippen LogP contribution in [0, 0.1) is 17.6 Å². The fourth-order valence-electron chi connectivity index (χ4n) is 4.81. The number of halogens is 2. The molecule has 2 N–H and O–H groups in total. The number of carbonyl (C=O) groups excluding carboxylic acids is 3. The summed E-state index contributed by atoms with van der Waals surface area (Å²) in [6.45, 7) is 11.7. The van der Waals surface area contributed by atoms with Gasteiger partial charge in [-0.05, 0) is 72.2 Å². The first-order valence-electron chi connectivity index (χ1n) is 14.3. The number of hydrogen-bond donors (Lipinski definition) is 2. The van der Waals surface area contributed by atoms with Gasteiger partial charge in [-0.1, -0.05) is 30.0 Å². The van der Waals surface area contributed by atoms with Crippen molar-refractivity contribution in [1.82, 2.24) is 15.6 Å². The Kier molecular flexibility index (Phi) is 9.76. The summed E-state index contributed by atoms with van der Waals surface area (Å²) in [5.74, 6) is -1.91. The largest absolute Gasteiger partial charge is 0.493 e. The Bertz CT molecular complexity index is 1510. The van der Waals surface area contributed by atoms with Crippen molar-refractivity contribution in [2.45, 2.75) is 71.0 Å². The maximum absolute atomic E-state index is 14.9. The minimum Gasteiger partial charge on any atom is -0.493 e. The van der Waals surface area contributed by atoms with Crippen molar-refractivity contribution < 1.29 is 37.4 Å². The molecule has 11 nitrogen and oxygen atoms in total. The molecular formula is C31H37F2N5O6S. The quantitative estimate of drug-likeness (QED) is 0.314. The highest BCUT2D eigenvalue weighted by atomic mass is 32.2. The Morgan fingerprint density at radius 1 is 1.04 bits per heavy atom. The van der Waals surface area contributed by atoms with E-state index in [0.717, 1.165) is 30.0 Å². The van der Waals surface area contributed by atoms with Gasteiger partial charge in [-0.25, -0.2) is 23.4 Å². The van der Waals surface area contributed by atoms with Crippen LogP contribution in [-0.4, -0.2) is 58.5 Å². The lowest BCUT2D eigenvalue weighted by Gasteiger charge is -2.45. The van der Waals surface area contributed by atoms with Crippen LogP contribution in [0.1, 0.15) is 66.0 Å². The maximum Gasteiger partial charge on any atom is 0.414 e. The van der Waals surface area contributed by atoms with E-state index in [1.807, 2.05) is 0 Å². The van der Waals surface area contributed by atoms with Crippen molar-refractivity contribution in [2.75, 3.05) is 13.2 Å². The van der Waals surface area contributed by atoms with E-state index in [9.17, 15) is 23.2 Å². The number of guanidine groups is 1. The van der Waals surface area contributed by atoms with Crippen molar-refractivity contribution in [3.63, 3.8) is 0 Å². The van der Waals surface area contributed by atoms with E-state index in [4.69, 9.17) is 14.2 Å². The van der Waals surface area contributed by atoms with Crippen molar-refractivity contribution >= 4 is 40.9 Å². The van der Waals surface area contributed by atoms with E-state index >= 15 is 0 Å². The predicted molar refractivity (Wildman–Crippen MR) is 166 cm³/mol. The smallest absolute Gasteiger partial charge is 0.414 e. The van der Waals surface area contributed by atoms with Crippen LogP contribution in [-0.2, 0) is 19.1 Å². The van der Waals surface area contributed by atoms with Gasteiger partial charge in [-0.3, -0.25) is 20.4 Å². The van der Waals surface area contributed by atoms with Gasteiger partial charge in [-0.15, -0.1) is 0 Å². The van der Waals surface area contributed by atoms with E-state index in [0.29, 0.717) is 11.3 Å². The van der Waals surface area contributed by atoms with Gasteiger partial charge in [0.2, 0.25) is 11.9 Å². The summed E-state index contributed by atoms with van der Waals surface area (Å²) in [5.41, 5.74) is -1.07. The van der Waals surface area contributed by atoms with Crippen molar-refractivity contribution in [1.29, 1.82) is 0 Å². The van der Waals surface area contributed by atoms with E-state index in [1.165, 1.54) is 11.9 Å². The highest BCUT2D eigenvalue weighted by Crippen LogP contribution is 2.57. The van der Waals surface area contributed by atoms with Gasteiger partial charge in [0, 0.05) is 30.5 Å². The number of rotatable bonds is 4. The molecule has 1 spiro atoms. The minimum atomic E-state index is -1.19. The first-order valence-corrected chi connectivity index (χ1v) is 15.1. The number of nitrogens with one attached hydrogen (secondary N) is 2. The summed E-state index contributed by atoms with van der Waals surface area (Å²) in [4.78, 5) is 41.4. The highest BCUT2D eigenvalue weighted by Gasteiger charge is 2.56. The van der Waals surface area contributed by atoms with Gasteiger partial charge in [0.25, 0.3) is 0 Å². The molecule has 4 rings (SSSR count). The van der Waals surface area contributed by atoms with E-state index in [2.05, 4.69) is 20.7 Å². The lowest BCUT2D eigenvalue weighted by atomic mass is 9.86. The Morgan fingerprint density at radius 3 is 2.27 bits per heavy atom. The molecule has 2 heterocycles. The number of thioether (sulfide) groups is 1. The third kappa shape index (κ3) is 8.10. The summed E-state index contributed by atoms with van der Waals surface area (Å²) in [7, 11) is 0. The molecule has 0 radical (unpaired) electrons. The molecule has 14 heteroatoms. The van der Waals surface area contributed by atoms with Crippen LogP contribution in [0.4, 0.5) is 18.4 Å². The third-order valence-electron chi connectivity index (χ3n) is 6.47. The first kappa shape index (κ1) is 33.7. The zero-order chi connectivity index (χ0) is 33.2. The van der Waals surface area contributed by atoms with Crippen molar-refractivity contribution in [3.8, 4) is 5.75 Å². The Hall–Kier alpha value is -4.20. The molecule has 45 heavy (non-hydrogen) atoms. The van der Waals surface area contributed by atoms with Crippen LogP contribution in [0.3, 0.4) is 0 Å². The molecule has 0 saturated carbocycles. The molecule has 0 aromatic heterocycles. The Balaban J connectivity index is 1.67. The van der Waals surface area contributed by atoms with Gasteiger partial charge >= 0.3 is 12.2 Å². The Morgan fingerprint density at radius 2 is 1.67 bits per heavy atom. The zero-order valence-corrected chi connectivity index (χ0v) is 27.0. The standard InChI is InChI=1S/C31H37F2N5O6S/c1-18(39)38-31(45-25(37-38)21-16-20(32)12-13-23(21)33)19(17-42-24-11-9-8-10-22(24)31)14-15-34-26(35-27(40)43-29(2,3)4)36-28(41)44-30(5,6)7/h8-13,16,19H,14-15,17H2,1-7H3,(H2,34,35,36,40,41)/t19-,31+/m1/s1. The molecule has 0 aliphatic carbocycles. The second-order valence-corrected chi connectivity index (χ2v) is 13.6. The highest BCUT2D eigenvalue weighted by molar-refractivity contribution is 8.15. The second-order valence-electron chi connectivity index (χ2n) is 12.4. The number of ether oxygens (including phenoxy) is 3. The maximum atomic E-state index is 14.9. The summed E-state index contributed by atoms with van der Waals surface area (Å²) in [5, 5.41) is 10.8. The summed E-state index contributed by atoms with van der Waals surface area (Å²) in [6, 6.07) is 10.2. The van der Waals surface area contributed by atoms with Gasteiger partial charge in [0.05, 0.1) is 6.61 Å². The minimum absolute atomic E-state index is 0.0365. The molecule has 2 aromatic carbocycles.